The van der Waals surface area contributed by atoms with Crippen LogP contribution in [0.5, 0.6) is 11.5 Å². The van der Waals surface area contributed by atoms with Crippen LogP contribution in [-0.4, -0.2) is 52.2 Å². The van der Waals surface area contributed by atoms with Crippen molar-refractivity contribution in [2.45, 2.75) is 23.8 Å². The van der Waals surface area contributed by atoms with Crippen LogP contribution in [0, 0.1) is 0 Å². The minimum atomic E-state index is -4.09. The fraction of sp³-hybridized carbons (Fsp3) is 0.231. The van der Waals surface area contributed by atoms with Crippen LogP contribution in [0.15, 0.2) is 71.6 Å². The minimum absolute atomic E-state index is 0.0303. The van der Waals surface area contributed by atoms with E-state index >= 15 is 0 Å². The molecule has 0 aliphatic carbocycles. The van der Waals surface area contributed by atoms with Gasteiger partial charge in [-0.15, -0.1) is 0 Å². The monoisotopic (exact) mass is 546 g/mol. The Kier molecular flexibility index (Phi) is 9.51. The molecule has 0 heterocycles. The number of carboxylic acid groups (broad SMARTS) is 1. The Balaban J connectivity index is 1.58. The molecular weight excluding hydrogens is 520 g/mol. The fourth-order valence-electron chi connectivity index (χ4n) is 3.55. The second kappa shape index (κ2) is 12.6. The number of hydrogen-bond acceptors (Lipinski definition) is 6. The molecule has 0 radical (unpaired) electrons. The van der Waals surface area contributed by atoms with Crippen molar-refractivity contribution >= 4 is 33.5 Å². The number of methoxy groups -OCH3 is 2. The van der Waals surface area contributed by atoms with E-state index < -0.39 is 27.9 Å². The van der Waals surface area contributed by atoms with Crippen molar-refractivity contribution < 1.29 is 32.6 Å². The summed E-state index contributed by atoms with van der Waals surface area (Å²) in [4.78, 5) is 24.2. The average Bonchev–Trinajstić information content (AvgIpc) is 2.90. The molecule has 0 spiro atoms. The van der Waals surface area contributed by atoms with E-state index in [9.17, 15) is 23.1 Å². The van der Waals surface area contributed by atoms with Crippen LogP contribution in [0.25, 0.3) is 11.1 Å². The molecular formula is C26H27ClN2O7S. The Morgan fingerprint density at radius 2 is 1.57 bits per heavy atom. The third-order valence-electron chi connectivity index (χ3n) is 5.55. The van der Waals surface area contributed by atoms with Gasteiger partial charge in [-0.25, -0.2) is 8.42 Å². The van der Waals surface area contributed by atoms with Crippen LogP contribution in [0.3, 0.4) is 0 Å². The number of halogens is 1. The van der Waals surface area contributed by atoms with Crippen LogP contribution < -0.4 is 19.5 Å². The third-order valence-corrected chi connectivity index (χ3v) is 7.29. The van der Waals surface area contributed by atoms with Crippen molar-refractivity contribution in [3.05, 3.63) is 77.3 Å². The first-order chi connectivity index (χ1) is 17.6. The number of amides is 1. The molecule has 1 atom stereocenters. The van der Waals surface area contributed by atoms with Crippen molar-refractivity contribution in [2.24, 2.45) is 0 Å². The number of carbonyl (C=O) groups is 2. The van der Waals surface area contributed by atoms with Gasteiger partial charge >= 0.3 is 5.97 Å². The highest BCUT2D eigenvalue weighted by molar-refractivity contribution is 7.89. The molecule has 0 aromatic heterocycles. The Morgan fingerprint density at radius 1 is 0.946 bits per heavy atom. The van der Waals surface area contributed by atoms with Crippen molar-refractivity contribution in [1.82, 2.24) is 10.0 Å². The summed E-state index contributed by atoms with van der Waals surface area (Å²) in [5.74, 6) is -0.864. The summed E-state index contributed by atoms with van der Waals surface area (Å²) in [5.41, 5.74) is 1.94. The molecule has 0 saturated heterocycles. The minimum Gasteiger partial charge on any atom is -0.497 e. The van der Waals surface area contributed by atoms with Crippen LogP contribution in [0.1, 0.15) is 23.2 Å². The molecule has 9 nitrogen and oxygen atoms in total. The molecule has 3 aromatic rings. The van der Waals surface area contributed by atoms with Gasteiger partial charge in [0.1, 0.15) is 17.5 Å². The van der Waals surface area contributed by atoms with Crippen molar-refractivity contribution in [1.29, 1.82) is 0 Å². The Bertz CT molecular complexity index is 1340. The molecule has 11 heteroatoms. The molecule has 3 N–H and O–H groups in total. The maximum atomic E-state index is 12.8. The number of benzene rings is 3. The number of ether oxygens (including phenoxy) is 2. The van der Waals surface area contributed by atoms with Crippen molar-refractivity contribution in [2.75, 3.05) is 20.8 Å². The van der Waals surface area contributed by atoms with Crippen LogP contribution in [0.2, 0.25) is 5.02 Å². The number of rotatable bonds is 12. The summed E-state index contributed by atoms with van der Waals surface area (Å²) in [6.45, 7) is 0.134. The second-order valence-electron chi connectivity index (χ2n) is 8.01. The fourth-order valence-corrected chi connectivity index (χ4v) is 4.90. The Morgan fingerprint density at radius 3 is 2.14 bits per heavy atom. The maximum absolute atomic E-state index is 12.8. The average molecular weight is 547 g/mol. The summed E-state index contributed by atoms with van der Waals surface area (Å²) in [6.07, 6.45) is 0.191. The van der Waals surface area contributed by atoms with E-state index in [1.165, 1.54) is 26.4 Å². The summed E-state index contributed by atoms with van der Waals surface area (Å²) in [5, 5.41) is 12.8. The number of sulfonamides is 1. The van der Waals surface area contributed by atoms with E-state index in [1.807, 2.05) is 12.1 Å². The Labute approximate surface area is 220 Å². The predicted octanol–water partition coefficient (Wildman–Crippen LogP) is 3.97. The van der Waals surface area contributed by atoms with Gasteiger partial charge < -0.3 is 19.9 Å². The molecule has 0 aliphatic heterocycles. The maximum Gasteiger partial charge on any atom is 0.321 e. The zero-order valence-electron chi connectivity index (χ0n) is 20.2. The van der Waals surface area contributed by atoms with E-state index in [0.29, 0.717) is 22.1 Å². The van der Waals surface area contributed by atoms with Gasteiger partial charge in [-0.3, -0.25) is 9.59 Å². The topological polar surface area (TPSA) is 131 Å². The van der Waals surface area contributed by atoms with Gasteiger partial charge in [0, 0.05) is 17.6 Å². The molecule has 1 amide bonds. The highest BCUT2D eigenvalue weighted by atomic mass is 35.5. The molecule has 1 unspecified atom stereocenters. The van der Waals surface area contributed by atoms with E-state index in [2.05, 4.69) is 10.0 Å². The lowest BCUT2D eigenvalue weighted by atomic mass is 10.1. The molecule has 3 aromatic carbocycles. The van der Waals surface area contributed by atoms with E-state index in [-0.39, 0.29) is 24.3 Å². The highest BCUT2D eigenvalue weighted by Crippen LogP contribution is 2.25. The van der Waals surface area contributed by atoms with Gasteiger partial charge in [0.05, 0.1) is 24.7 Å². The first kappa shape index (κ1) is 28.0. The second-order valence-corrected chi connectivity index (χ2v) is 10.2. The summed E-state index contributed by atoms with van der Waals surface area (Å²) in [6, 6.07) is 16.6. The van der Waals surface area contributed by atoms with Gasteiger partial charge in [-0.05, 0) is 60.4 Å². The third kappa shape index (κ3) is 7.45. The number of nitrogens with one attached hydrogen (secondary N) is 2. The first-order valence-electron chi connectivity index (χ1n) is 11.3. The lowest BCUT2D eigenvalue weighted by Crippen LogP contribution is -2.41. The number of carboxylic acids is 1. The van der Waals surface area contributed by atoms with Crippen LogP contribution in [-0.2, 0) is 14.8 Å². The summed E-state index contributed by atoms with van der Waals surface area (Å²) in [7, 11) is -1.16. The van der Waals surface area contributed by atoms with Crippen LogP contribution >= 0.6 is 11.6 Å². The number of hydrogen-bond donors (Lipinski definition) is 3. The normalized spacial score (nSPS) is 12.0. The molecule has 0 bridgehead atoms. The first-order valence-corrected chi connectivity index (χ1v) is 13.1. The zero-order chi connectivity index (χ0) is 27.0. The number of aliphatic carboxylic acids is 1. The van der Waals surface area contributed by atoms with Crippen LogP contribution in [0.4, 0.5) is 0 Å². The molecule has 37 heavy (non-hydrogen) atoms. The molecule has 0 saturated carbocycles. The molecule has 0 fully saturated rings. The lowest BCUT2D eigenvalue weighted by Gasteiger charge is -2.16. The van der Waals surface area contributed by atoms with Gasteiger partial charge in [0.15, 0.2) is 0 Å². The highest BCUT2D eigenvalue weighted by Gasteiger charge is 2.25. The smallest absolute Gasteiger partial charge is 0.321 e. The largest absolute Gasteiger partial charge is 0.497 e. The van der Waals surface area contributed by atoms with Gasteiger partial charge in [0.2, 0.25) is 10.0 Å². The van der Waals surface area contributed by atoms with Gasteiger partial charge in [-0.2, -0.15) is 4.72 Å². The predicted molar refractivity (Wildman–Crippen MR) is 140 cm³/mol. The molecule has 196 valence electrons. The van der Waals surface area contributed by atoms with E-state index in [0.717, 1.165) is 11.1 Å². The quantitative estimate of drug-likeness (QED) is 0.293. The standard InChI is InChI=1S/C26H27ClN2O7S/c1-35-20-11-14-22(24(16-20)36-2)25(30)28-15-3-4-23(26(31)32)29-37(33,34)21-12-7-18(8-13-21)17-5-9-19(27)10-6-17/h5-14,16,23,29H,3-4,15H2,1-2H3,(H,28,30)(H,31,32). The summed E-state index contributed by atoms with van der Waals surface area (Å²) < 4.78 is 38.2. The van der Waals surface area contributed by atoms with Gasteiger partial charge in [-0.1, -0.05) is 35.9 Å². The number of carbonyl (C=O) groups excluding carboxylic acids is 1. The van der Waals surface area contributed by atoms with Gasteiger partial charge in [0.25, 0.3) is 5.91 Å². The lowest BCUT2D eigenvalue weighted by molar-refractivity contribution is -0.139. The van der Waals surface area contributed by atoms with E-state index in [4.69, 9.17) is 21.1 Å². The van der Waals surface area contributed by atoms with Crippen molar-refractivity contribution in [3.63, 3.8) is 0 Å². The van der Waals surface area contributed by atoms with E-state index in [1.54, 1.807) is 42.5 Å². The Hall–Kier alpha value is -3.60. The molecule has 0 aliphatic rings. The van der Waals surface area contributed by atoms with Crippen molar-refractivity contribution in [3.8, 4) is 22.6 Å². The summed E-state index contributed by atoms with van der Waals surface area (Å²) >= 11 is 5.90. The zero-order valence-corrected chi connectivity index (χ0v) is 21.8. The SMILES string of the molecule is COc1ccc(C(=O)NCCCC(NS(=O)(=O)c2ccc(-c3ccc(Cl)cc3)cc2)C(=O)O)c(OC)c1. The molecule has 3 rings (SSSR count).